The minimum atomic E-state index is 0.333. The molecule has 0 unspecified atom stereocenters. The summed E-state index contributed by atoms with van der Waals surface area (Å²) in [7, 11) is 0. The Labute approximate surface area is 36.3 Å². The van der Waals surface area contributed by atoms with E-state index in [9.17, 15) is 0 Å². The van der Waals surface area contributed by atoms with Crippen molar-refractivity contribution in [2.24, 2.45) is 0 Å². The molecule has 0 atom stereocenters. The molecule has 0 saturated heterocycles. The van der Waals surface area contributed by atoms with Crippen LogP contribution in [0.1, 0.15) is 0 Å². The molecule has 1 heterocycles. The SMILES string of the molecule is c1c[o+][se]c1. The Kier molecular flexibility index (Phi) is 0.869. The van der Waals surface area contributed by atoms with Crippen LogP contribution in [0.25, 0.3) is 0 Å². The summed E-state index contributed by atoms with van der Waals surface area (Å²) in [5, 5.41) is 0. The topological polar surface area (TPSA) is 11.3 Å². The minimum absolute atomic E-state index is 0.333. The molecule has 1 aromatic rings. The van der Waals surface area contributed by atoms with E-state index in [0.717, 1.165) is 0 Å². The van der Waals surface area contributed by atoms with Crippen LogP contribution in [0.4, 0.5) is 0 Å². The molecule has 0 aromatic carbocycles. The van der Waals surface area contributed by atoms with Crippen molar-refractivity contribution in [3.8, 4) is 0 Å². The molecule has 0 aliphatic rings. The first kappa shape index (κ1) is 3.13. The summed E-state index contributed by atoms with van der Waals surface area (Å²) in [6, 6.07) is 1.92. The number of hydrogen-bond donors (Lipinski definition) is 0. The average Bonchev–Trinajstić information content (AvgIpc) is 1.76. The van der Waals surface area contributed by atoms with Gasteiger partial charge in [0.15, 0.2) is 0 Å². The second-order valence-electron chi connectivity index (χ2n) is 0.657. The van der Waals surface area contributed by atoms with Gasteiger partial charge < -0.3 is 0 Å². The van der Waals surface area contributed by atoms with Gasteiger partial charge in [-0.25, -0.2) is 0 Å². The maximum atomic E-state index is 4.77. The van der Waals surface area contributed by atoms with Crippen LogP contribution >= 0.6 is 0 Å². The Morgan fingerprint density at radius 2 is 2.60 bits per heavy atom. The van der Waals surface area contributed by atoms with Gasteiger partial charge in [-0.15, -0.1) is 0 Å². The molecule has 0 bridgehead atoms. The van der Waals surface area contributed by atoms with Crippen molar-refractivity contribution >= 4 is 14.9 Å². The van der Waals surface area contributed by atoms with Gasteiger partial charge >= 0.3 is 35.6 Å². The van der Waals surface area contributed by atoms with Crippen molar-refractivity contribution in [3.05, 3.63) is 17.3 Å². The van der Waals surface area contributed by atoms with Gasteiger partial charge in [0.05, 0.1) is 0 Å². The second kappa shape index (κ2) is 1.39. The molecule has 26 valence electrons. The third-order valence-corrected chi connectivity index (χ3v) is 1.35. The predicted molar refractivity (Wildman–Crippen MR) is 20.1 cm³/mol. The van der Waals surface area contributed by atoms with E-state index in [-0.39, 0.29) is 0 Å². The molecule has 0 radical (unpaired) electrons. The molecular formula is C3H3OSe+. The van der Waals surface area contributed by atoms with Crippen LogP contribution in [-0.4, -0.2) is 14.9 Å². The van der Waals surface area contributed by atoms with Gasteiger partial charge in [-0.2, -0.15) is 0 Å². The molecule has 5 heavy (non-hydrogen) atoms. The van der Waals surface area contributed by atoms with Crippen molar-refractivity contribution in [1.82, 2.24) is 0 Å². The van der Waals surface area contributed by atoms with Gasteiger partial charge in [-0.05, 0) is 0 Å². The zero-order valence-electron chi connectivity index (χ0n) is 2.55. The normalized spacial score (nSPS) is 8.00. The number of hydrogen-bond acceptors (Lipinski definition) is 0. The van der Waals surface area contributed by atoms with E-state index >= 15 is 0 Å². The first-order valence-corrected chi connectivity index (χ1v) is 2.99. The Hall–Kier alpha value is -0.0705. The molecule has 0 amide bonds. The first-order valence-electron chi connectivity index (χ1n) is 1.30. The summed E-state index contributed by atoms with van der Waals surface area (Å²) in [6.45, 7) is 0. The summed E-state index contributed by atoms with van der Waals surface area (Å²) >= 11 is 0.333. The fraction of sp³-hybridized carbons (Fsp3) is 0. The molecule has 1 nitrogen and oxygen atoms in total. The van der Waals surface area contributed by atoms with Gasteiger partial charge in [0.2, 0.25) is 0 Å². The van der Waals surface area contributed by atoms with Gasteiger partial charge in [-0.3, -0.25) is 0 Å². The van der Waals surface area contributed by atoms with Crippen molar-refractivity contribution in [3.63, 3.8) is 0 Å². The van der Waals surface area contributed by atoms with Crippen LogP contribution in [0.3, 0.4) is 0 Å². The van der Waals surface area contributed by atoms with Gasteiger partial charge in [0.25, 0.3) is 0 Å². The molecule has 1 aromatic heterocycles. The van der Waals surface area contributed by atoms with E-state index < -0.39 is 0 Å². The quantitative estimate of drug-likeness (QED) is 0.374. The molecule has 2 heteroatoms. The summed E-state index contributed by atoms with van der Waals surface area (Å²) < 4.78 is 4.77. The molecule has 0 aliphatic carbocycles. The van der Waals surface area contributed by atoms with Crippen LogP contribution in [0.15, 0.2) is 20.8 Å². The van der Waals surface area contributed by atoms with Crippen LogP contribution in [-0.2, 0) is 0 Å². The van der Waals surface area contributed by atoms with E-state index in [4.69, 9.17) is 3.48 Å². The Morgan fingerprint density at radius 1 is 1.60 bits per heavy atom. The summed E-state index contributed by atoms with van der Waals surface area (Å²) in [4.78, 5) is 2.02. The Bertz CT molecular complexity index is 63.4. The van der Waals surface area contributed by atoms with Crippen molar-refractivity contribution in [2.75, 3.05) is 0 Å². The summed E-state index contributed by atoms with van der Waals surface area (Å²) in [6.07, 6.45) is 1.71. The second-order valence-corrected chi connectivity index (χ2v) is 2.04. The van der Waals surface area contributed by atoms with Gasteiger partial charge in [-0.1, -0.05) is 0 Å². The first-order chi connectivity index (χ1) is 2.50. The van der Waals surface area contributed by atoms with E-state index in [1.54, 1.807) is 6.26 Å². The fourth-order valence-electron chi connectivity index (χ4n) is 0.160. The van der Waals surface area contributed by atoms with E-state index in [1.807, 2.05) is 11.0 Å². The maximum absolute atomic E-state index is 4.77. The van der Waals surface area contributed by atoms with Crippen molar-refractivity contribution in [1.29, 1.82) is 0 Å². The van der Waals surface area contributed by atoms with E-state index in [0.29, 0.717) is 14.9 Å². The fourth-order valence-corrected chi connectivity index (χ4v) is 0.833. The summed E-state index contributed by atoms with van der Waals surface area (Å²) in [5.74, 6) is 0. The van der Waals surface area contributed by atoms with Crippen LogP contribution < -0.4 is 0 Å². The van der Waals surface area contributed by atoms with E-state index in [1.165, 1.54) is 0 Å². The standard InChI is InChI=1S/C3H3OSe/c1-2-4-5-3-1/h1-3H/q+1. The summed E-state index contributed by atoms with van der Waals surface area (Å²) in [5.41, 5.74) is 0. The third kappa shape index (κ3) is 0.602. The van der Waals surface area contributed by atoms with Gasteiger partial charge in [0, 0.05) is 0 Å². The van der Waals surface area contributed by atoms with E-state index in [2.05, 4.69) is 0 Å². The van der Waals surface area contributed by atoms with Crippen molar-refractivity contribution < 1.29 is 3.48 Å². The number of rotatable bonds is 0. The van der Waals surface area contributed by atoms with Crippen LogP contribution in [0.2, 0.25) is 0 Å². The van der Waals surface area contributed by atoms with Crippen molar-refractivity contribution in [2.45, 2.75) is 0 Å². The molecule has 0 aliphatic heterocycles. The average molecular weight is 134 g/mol. The molecular weight excluding hydrogens is 131 g/mol. The Balaban J connectivity index is 3.13. The zero-order chi connectivity index (χ0) is 3.54. The van der Waals surface area contributed by atoms with Crippen LogP contribution in [0.5, 0.6) is 0 Å². The zero-order valence-corrected chi connectivity index (χ0v) is 4.26. The Morgan fingerprint density at radius 3 is 2.80 bits per heavy atom. The monoisotopic (exact) mass is 135 g/mol. The third-order valence-electron chi connectivity index (χ3n) is 0.324. The molecule has 0 saturated carbocycles. The predicted octanol–water partition coefficient (Wildman–Crippen LogP) is 0.618. The molecule has 1 rings (SSSR count). The molecule has 0 fully saturated rings. The van der Waals surface area contributed by atoms with Crippen LogP contribution in [0, 0.1) is 0 Å². The molecule has 0 N–H and O–H groups in total. The van der Waals surface area contributed by atoms with Gasteiger partial charge in [0.1, 0.15) is 0 Å². The molecule has 0 spiro atoms.